The van der Waals surface area contributed by atoms with Crippen molar-refractivity contribution in [2.45, 2.75) is 64.0 Å². The van der Waals surface area contributed by atoms with Gasteiger partial charge >= 0.3 is 0 Å². The average molecular weight is 271 g/mol. The Morgan fingerprint density at radius 3 is 2.89 bits per heavy atom. The Morgan fingerprint density at radius 2 is 2.17 bits per heavy atom. The van der Waals surface area contributed by atoms with Crippen LogP contribution < -0.4 is 5.32 Å². The highest BCUT2D eigenvalue weighted by molar-refractivity contribution is 7.99. The molecule has 2 heterocycles. The lowest BCUT2D eigenvalue weighted by Gasteiger charge is -2.43. The van der Waals surface area contributed by atoms with Gasteiger partial charge in [-0.2, -0.15) is 11.8 Å². The van der Waals surface area contributed by atoms with Gasteiger partial charge in [-0.05, 0) is 69.4 Å². The second-order valence-corrected chi connectivity index (χ2v) is 7.26. The van der Waals surface area contributed by atoms with Crippen molar-refractivity contribution in [3.05, 3.63) is 0 Å². The normalized spacial score (nSPS) is 29.3. The molecule has 0 amide bonds. The Morgan fingerprint density at radius 1 is 1.39 bits per heavy atom. The molecule has 2 rings (SSSR count). The van der Waals surface area contributed by atoms with Gasteiger partial charge in [-0.25, -0.2) is 0 Å². The number of nitrogens with one attached hydrogen (secondary N) is 1. The van der Waals surface area contributed by atoms with Crippen molar-refractivity contribution >= 4 is 11.8 Å². The lowest BCUT2D eigenvalue weighted by Crippen LogP contribution is -2.43. The van der Waals surface area contributed by atoms with E-state index in [1.807, 2.05) is 0 Å². The molecular weight excluding hydrogens is 242 g/mol. The molecule has 106 valence electrons. The molecule has 18 heavy (non-hydrogen) atoms. The zero-order chi connectivity index (χ0) is 12.8. The van der Waals surface area contributed by atoms with E-state index in [2.05, 4.69) is 30.9 Å². The molecule has 2 unspecified atom stereocenters. The molecule has 1 spiro atoms. The van der Waals surface area contributed by atoms with Gasteiger partial charge in [0.05, 0.1) is 5.60 Å². The third-order valence-corrected chi connectivity index (χ3v) is 5.55. The van der Waals surface area contributed by atoms with Crippen LogP contribution in [0.5, 0.6) is 0 Å². The lowest BCUT2D eigenvalue weighted by atomic mass is 9.79. The molecule has 2 atom stereocenters. The molecule has 0 bridgehead atoms. The summed E-state index contributed by atoms with van der Waals surface area (Å²) in [6.07, 6.45) is 7.89. The van der Waals surface area contributed by atoms with Gasteiger partial charge in [0.1, 0.15) is 0 Å². The summed E-state index contributed by atoms with van der Waals surface area (Å²) in [5, 5.41) is 3.52. The Balaban J connectivity index is 1.76. The highest BCUT2D eigenvalue weighted by atomic mass is 32.2. The quantitative estimate of drug-likeness (QED) is 0.827. The summed E-state index contributed by atoms with van der Waals surface area (Å²) in [7, 11) is 0. The first-order valence-electron chi connectivity index (χ1n) is 7.69. The Kier molecular flexibility index (Phi) is 5.84. The number of rotatable bonds is 5. The van der Waals surface area contributed by atoms with Crippen molar-refractivity contribution in [1.29, 1.82) is 0 Å². The average Bonchev–Trinajstić information content (AvgIpc) is 2.38. The van der Waals surface area contributed by atoms with Gasteiger partial charge in [-0.1, -0.05) is 6.92 Å². The van der Waals surface area contributed by atoms with E-state index < -0.39 is 0 Å². The fourth-order valence-electron chi connectivity index (χ4n) is 3.40. The zero-order valence-electron chi connectivity index (χ0n) is 12.0. The molecule has 2 nitrogen and oxygen atoms in total. The molecule has 1 N–H and O–H groups in total. The third-order valence-electron chi connectivity index (χ3n) is 4.56. The topological polar surface area (TPSA) is 21.3 Å². The molecule has 2 saturated heterocycles. The minimum absolute atomic E-state index is 0.273. The Hall–Kier alpha value is 0.270. The summed E-state index contributed by atoms with van der Waals surface area (Å²) in [6.45, 7) is 6.61. The van der Waals surface area contributed by atoms with Gasteiger partial charge in [0, 0.05) is 12.6 Å². The van der Waals surface area contributed by atoms with Crippen LogP contribution in [-0.2, 0) is 4.74 Å². The van der Waals surface area contributed by atoms with Gasteiger partial charge in [0.25, 0.3) is 0 Å². The maximum absolute atomic E-state index is 6.16. The van der Waals surface area contributed by atoms with Gasteiger partial charge in [-0.3, -0.25) is 0 Å². The number of hydrogen-bond donors (Lipinski definition) is 1. The number of ether oxygens (including phenoxy) is 1. The molecule has 0 aromatic heterocycles. The summed E-state index contributed by atoms with van der Waals surface area (Å²) < 4.78 is 6.16. The van der Waals surface area contributed by atoms with E-state index in [9.17, 15) is 0 Å². The SMILES string of the molecule is CCNC(C)CCC1CCOC2(CCSCC2)C1. The first kappa shape index (κ1) is 14.7. The van der Waals surface area contributed by atoms with E-state index in [1.165, 1.54) is 50.0 Å². The van der Waals surface area contributed by atoms with Gasteiger partial charge in [0.15, 0.2) is 0 Å². The maximum atomic E-state index is 6.16. The van der Waals surface area contributed by atoms with Crippen molar-refractivity contribution in [2.75, 3.05) is 24.7 Å². The van der Waals surface area contributed by atoms with Crippen LogP contribution in [0.25, 0.3) is 0 Å². The number of hydrogen-bond acceptors (Lipinski definition) is 3. The first-order chi connectivity index (χ1) is 8.74. The smallest absolute Gasteiger partial charge is 0.0700 e. The summed E-state index contributed by atoms with van der Waals surface area (Å²) in [4.78, 5) is 0. The van der Waals surface area contributed by atoms with E-state index in [0.717, 1.165) is 19.1 Å². The molecule has 3 heteroatoms. The van der Waals surface area contributed by atoms with Crippen LogP contribution in [0, 0.1) is 5.92 Å². The minimum atomic E-state index is 0.273. The fraction of sp³-hybridized carbons (Fsp3) is 1.00. The van der Waals surface area contributed by atoms with E-state index in [4.69, 9.17) is 4.74 Å². The molecule has 2 aliphatic heterocycles. The monoisotopic (exact) mass is 271 g/mol. The summed E-state index contributed by atoms with van der Waals surface area (Å²) >= 11 is 2.10. The molecule has 2 fully saturated rings. The van der Waals surface area contributed by atoms with Crippen LogP contribution in [0.3, 0.4) is 0 Å². The summed E-state index contributed by atoms with van der Waals surface area (Å²) in [5.41, 5.74) is 0.273. The van der Waals surface area contributed by atoms with Crippen molar-refractivity contribution < 1.29 is 4.74 Å². The van der Waals surface area contributed by atoms with Crippen molar-refractivity contribution in [3.63, 3.8) is 0 Å². The Bertz CT molecular complexity index is 235. The van der Waals surface area contributed by atoms with Crippen molar-refractivity contribution in [3.8, 4) is 0 Å². The highest BCUT2D eigenvalue weighted by Crippen LogP contribution is 2.40. The number of thioether (sulfide) groups is 1. The molecular formula is C15H29NOS. The van der Waals surface area contributed by atoms with Crippen molar-refractivity contribution in [1.82, 2.24) is 5.32 Å². The molecule has 0 aliphatic carbocycles. The van der Waals surface area contributed by atoms with Gasteiger partial charge < -0.3 is 10.1 Å². The van der Waals surface area contributed by atoms with Crippen LogP contribution >= 0.6 is 11.8 Å². The van der Waals surface area contributed by atoms with Crippen molar-refractivity contribution in [2.24, 2.45) is 5.92 Å². The molecule has 0 aromatic rings. The predicted octanol–water partition coefficient (Wildman–Crippen LogP) is 3.46. The van der Waals surface area contributed by atoms with Crippen LogP contribution in [0.15, 0.2) is 0 Å². The molecule has 0 aromatic carbocycles. The van der Waals surface area contributed by atoms with E-state index in [-0.39, 0.29) is 5.60 Å². The maximum Gasteiger partial charge on any atom is 0.0700 e. The third kappa shape index (κ3) is 4.14. The molecule has 2 aliphatic rings. The van der Waals surface area contributed by atoms with E-state index >= 15 is 0 Å². The summed E-state index contributed by atoms with van der Waals surface area (Å²) in [6, 6.07) is 0.677. The zero-order valence-corrected chi connectivity index (χ0v) is 12.9. The van der Waals surface area contributed by atoms with Crippen LogP contribution in [0.1, 0.15) is 52.4 Å². The van der Waals surface area contributed by atoms with E-state index in [1.54, 1.807) is 0 Å². The minimum Gasteiger partial charge on any atom is -0.375 e. The second kappa shape index (κ2) is 7.16. The van der Waals surface area contributed by atoms with E-state index in [0.29, 0.717) is 6.04 Å². The van der Waals surface area contributed by atoms with Crippen LogP contribution in [-0.4, -0.2) is 36.3 Å². The highest BCUT2D eigenvalue weighted by Gasteiger charge is 2.38. The predicted molar refractivity (Wildman–Crippen MR) is 80.3 cm³/mol. The fourth-order valence-corrected chi connectivity index (χ4v) is 4.64. The lowest BCUT2D eigenvalue weighted by molar-refractivity contribution is -0.103. The molecule has 0 saturated carbocycles. The largest absolute Gasteiger partial charge is 0.375 e. The Labute approximate surface area is 117 Å². The van der Waals surface area contributed by atoms with Crippen LogP contribution in [0.2, 0.25) is 0 Å². The standard InChI is InChI=1S/C15H29NOS/c1-3-16-13(2)4-5-14-6-9-17-15(12-14)7-10-18-11-8-15/h13-14,16H,3-12H2,1-2H3. The first-order valence-corrected chi connectivity index (χ1v) is 8.85. The second-order valence-electron chi connectivity index (χ2n) is 6.04. The van der Waals surface area contributed by atoms with Crippen LogP contribution in [0.4, 0.5) is 0 Å². The molecule has 0 radical (unpaired) electrons. The van der Waals surface area contributed by atoms with Gasteiger partial charge in [-0.15, -0.1) is 0 Å². The summed E-state index contributed by atoms with van der Waals surface area (Å²) in [5.74, 6) is 3.52. The van der Waals surface area contributed by atoms with Gasteiger partial charge in [0.2, 0.25) is 0 Å².